The van der Waals surface area contributed by atoms with Gasteiger partial charge in [-0.15, -0.1) is 0 Å². The molecular formula is C19H22N2O3S. The van der Waals surface area contributed by atoms with Gasteiger partial charge in [0, 0.05) is 23.8 Å². The van der Waals surface area contributed by atoms with Gasteiger partial charge >= 0.3 is 0 Å². The fourth-order valence-corrected chi connectivity index (χ4v) is 4.37. The quantitative estimate of drug-likeness (QED) is 0.911. The molecule has 0 atom stereocenters. The van der Waals surface area contributed by atoms with Gasteiger partial charge in [-0.25, -0.2) is 8.42 Å². The van der Waals surface area contributed by atoms with E-state index in [1.54, 1.807) is 36.1 Å². The van der Waals surface area contributed by atoms with E-state index >= 15 is 0 Å². The van der Waals surface area contributed by atoms with Crippen LogP contribution in [0.15, 0.2) is 47.4 Å². The van der Waals surface area contributed by atoms with Gasteiger partial charge in [0.1, 0.15) is 0 Å². The number of rotatable bonds is 4. The van der Waals surface area contributed by atoms with Crippen LogP contribution in [0.1, 0.15) is 25.0 Å². The highest BCUT2D eigenvalue weighted by Crippen LogP contribution is 2.32. The Labute approximate surface area is 148 Å². The Hall–Kier alpha value is -2.34. The van der Waals surface area contributed by atoms with E-state index in [2.05, 4.69) is 4.72 Å². The fourth-order valence-electron chi connectivity index (χ4n) is 3.07. The lowest BCUT2D eigenvalue weighted by Gasteiger charge is -2.20. The predicted molar refractivity (Wildman–Crippen MR) is 99.3 cm³/mol. The summed E-state index contributed by atoms with van der Waals surface area (Å²) in [5.74, 6) is 0.0252. The molecule has 0 unspecified atom stereocenters. The van der Waals surface area contributed by atoms with E-state index in [-0.39, 0.29) is 16.7 Å². The van der Waals surface area contributed by atoms with Gasteiger partial charge in [0.25, 0.3) is 10.0 Å². The van der Waals surface area contributed by atoms with Crippen molar-refractivity contribution in [3.05, 3.63) is 53.6 Å². The number of sulfonamides is 1. The van der Waals surface area contributed by atoms with Crippen LogP contribution in [0.3, 0.4) is 0 Å². The minimum absolute atomic E-state index is 0.0646. The topological polar surface area (TPSA) is 66.5 Å². The van der Waals surface area contributed by atoms with Crippen LogP contribution in [0.2, 0.25) is 0 Å². The van der Waals surface area contributed by atoms with Crippen LogP contribution < -0.4 is 9.62 Å². The highest BCUT2D eigenvalue weighted by molar-refractivity contribution is 7.92. The smallest absolute Gasteiger partial charge is 0.262 e. The minimum Gasteiger partial charge on any atom is -0.312 e. The Balaban J connectivity index is 1.87. The molecule has 2 aromatic carbocycles. The first-order chi connectivity index (χ1) is 11.8. The number of nitrogens with one attached hydrogen (secondary N) is 1. The van der Waals surface area contributed by atoms with Gasteiger partial charge in [-0.3, -0.25) is 9.52 Å². The van der Waals surface area contributed by atoms with Crippen LogP contribution in [0.25, 0.3) is 0 Å². The lowest BCUT2D eigenvalue weighted by Crippen LogP contribution is -2.32. The Kier molecular flexibility index (Phi) is 4.56. The summed E-state index contributed by atoms with van der Waals surface area (Å²) in [5, 5.41) is 0. The van der Waals surface area contributed by atoms with Crippen molar-refractivity contribution < 1.29 is 13.2 Å². The molecule has 0 aromatic heterocycles. The summed E-state index contributed by atoms with van der Waals surface area (Å²) < 4.78 is 27.9. The number of benzene rings is 2. The third-order valence-corrected chi connectivity index (χ3v) is 5.91. The summed E-state index contributed by atoms with van der Waals surface area (Å²) in [5.41, 5.74) is 3.07. The van der Waals surface area contributed by atoms with Gasteiger partial charge < -0.3 is 4.90 Å². The van der Waals surface area contributed by atoms with E-state index < -0.39 is 10.0 Å². The Morgan fingerprint density at radius 3 is 2.56 bits per heavy atom. The van der Waals surface area contributed by atoms with E-state index in [1.807, 2.05) is 32.0 Å². The van der Waals surface area contributed by atoms with Gasteiger partial charge in [0.05, 0.1) is 4.90 Å². The summed E-state index contributed by atoms with van der Waals surface area (Å²) in [6.45, 7) is 6.17. The number of fused-ring (bicyclic) bond motifs is 1. The van der Waals surface area contributed by atoms with Crippen LogP contribution in [0, 0.1) is 12.8 Å². The summed E-state index contributed by atoms with van der Waals surface area (Å²) in [4.78, 5) is 14.3. The first-order valence-corrected chi connectivity index (χ1v) is 9.80. The molecule has 0 bridgehead atoms. The average molecular weight is 358 g/mol. The zero-order valence-corrected chi connectivity index (χ0v) is 15.4. The molecule has 0 saturated carbocycles. The second-order valence-corrected chi connectivity index (χ2v) is 8.26. The molecule has 1 N–H and O–H groups in total. The van der Waals surface area contributed by atoms with E-state index in [0.717, 1.165) is 17.7 Å². The number of anilines is 2. The molecule has 132 valence electrons. The number of amides is 1. The van der Waals surface area contributed by atoms with Crippen molar-refractivity contribution in [1.82, 2.24) is 0 Å². The largest absolute Gasteiger partial charge is 0.312 e. The van der Waals surface area contributed by atoms with E-state index in [1.165, 1.54) is 0 Å². The second kappa shape index (κ2) is 6.52. The van der Waals surface area contributed by atoms with Crippen molar-refractivity contribution in [2.45, 2.75) is 32.1 Å². The fraction of sp³-hybridized carbons (Fsp3) is 0.316. The molecule has 1 amide bonds. The number of hydrogen-bond acceptors (Lipinski definition) is 3. The molecule has 1 aliphatic rings. The highest BCUT2D eigenvalue weighted by atomic mass is 32.2. The molecule has 0 saturated heterocycles. The third kappa shape index (κ3) is 3.39. The molecule has 0 aliphatic carbocycles. The van der Waals surface area contributed by atoms with Crippen LogP contribution >= 0.6 is 0 Å². The molecule has 0 radical (unpaired) electrons. The SMILES string of the molecule is Cc1ccccc1S(=O)(=O)Nc1ccc2c(c1)CCN2C(=O)C(C)C. The summed E-state index contributed by atoms with van der Waals surface area (Å²) in [7, 11) is -3.64. The molecular weight excluding hydrogens is 336 g/mol. The standard InChI is InChI=1S/C19H22N2O3S/c1-13(2)19(22)21-11-10-15-12-16(8-9-17(15)21)20-25(23,24)18-7-5-4-6-14(18)3/h4-9,12-13,20H,10-11H2,1-3H3. The number of hydrogen-bond donors (Lipinski definition) is 1. The van der Waals surface area contributed by atoms with Crippen LogP contribution in [0.5, 0.6) is 0 Å². The minimum atomic E-state index is -3.64. The average Bonchev–Trinajstić information content (AvgIpc) is 2.96. The maximum absolute atomic E-state index is 12.6. The molecule has 0 spiro atoms. The maximum atomic E-state index is 12.6. The zero-order valence-electron chi connectivity index (χ0n) is 14.6. The molecule has 25 heavy (non-hydrogen) atoms. The van der Waals surface area contributed by atoms with Crippen molar-refractivity contribution in [1.29, 1.82) is 0 Å². The van der Waals surface area contributed by atoms with Crippen LogP contribution in [-0.2, 0) is 21.2 Å². The van der Waals surface area contributed by atoms with Crippen molar-refractivity contribution in [2.75, 3.05) is 16.2 Å². The summed E-state index contributed by atoms with van der Waals surface area (Å²) in [6.07, 6.45) is 0.730. The normalized spacial score (nSPS) is 13.8. The molecule has 1 heterocycles. The van der Waals surface area contributed by atoms with Crippen LogP contribution in [-0.4, -0.2) is 20.9 Å². The lowest BCUT2D eigenvalue weighted by atomic mass is 10.1. The number of aryl methyl sites for hydroxylation is 1. The van der Waals surface area contributed by atoms with Gasteiger partial charge in [0.2, 0.25) is 5.91 Å². The molecule has 0 fully saturated rings. The molecule has 3 rings (SSSR count). The summed E-state index contributed by atoms with van der Waals surface area (Å²) in [6, 6.07) is 12.2. The number of nitrogens with zero attached hydrogens (tertiary/aromatic N) is 1. The van der Waals surface area contributed by atoms with Crippen molar-refractivity contribution >= 4 is 27.3 Å². The van der Waals surface area contributed by atoms with Crippen molar-refractivity contribution in [3.63, 3.8) is 0 Å². The van der Waals surface area contributed by atoms with Crippen LogP contribution in [0.4, 0.5) is 11.4 Å². The first kappa shape index (κ1) is 17.5. The third-order valence-electron chi connectivity index (χ3n) is 4.37. The molecule has 1 aliphatic heterocycles. The molecule has 6 heteroatoms. The Morgan fingerprint density at radius 2 is 1.88 bits per heavy atom. The second-order valence-electron chi connectivity index (χ2n) is 6.61. The van der Waals surface area contributed by atoms with Gasteiger partial charge in [-0.05, 0) is 48.7 Å². The Bertz CT molecular complexity index is 920. The Morgan fingerprint density at radius 1 is 1.16 bits per heavy atom. The monoisotopic (exact) mass is 358 g/mol. The predicted octanol–water partition coefficient (Wildman–Crippen LogP) is 3.34. The van der Waals surface area contributed by atoms with Gasteiger partial charge in [-0.1, -0.05) is 32.0 Å². The lowest BCUT2D eigenvalue weighted by molar-refractivity contribution is -0.121. The maximum Gasteiger partial charge on any atom is 0.262 e. The van der Waals surface area contributed by atoms with E-state index in [4.69, 9.17) is 0 Å². The molecule has 2 aromatic rings. The number of carbonyl (C=O) groups excluding carboxylic acids is 1. The van der Waals surface area contributed by atoms with Crippen molar-refractivity contribution in [3.8, 4) is 0 Å². The van der Waals surface area contributed by atoms with Gasteiger partial charge in [-0.2, -0.15) is 0 Å². The van der Waals surface area contributed by atoms with E-state index in [0.29, 0.717) is 17.8 Å². The number of carbonyl (C=O) groups is 1. The highest BCUT2D eigenvalue weighted by Gasteiger charge is 2.27. The van der Waals surface area contributed by atoms with Gasteiger partial charge in [0.15, 0.2) is 0 Å². The molecule has 5 nitrogen and oxygen atoms in total. The van der Waals surface area contributed by atoms with E-state index in [9.17, 15) is 13.2 Å². The first-order valence-electron chi connectivity index (χ1n) is 8.32. The zero-order chi connectivity index (χ0) is 18.2. The summed E-state index contributed by atoms with van der Waals surface area (Å²) >= 11 is 0. The van der Waals surface area contributed by atoms with Crippen molar-refractivity contribution in [2.24, 2.45) is 5.92 Å².